The Morgan fingerprint density at radius 2 is 1.95 bits per heavy atom. The zero-order chi connectivity index (χ0) is 15.9. The van der Waals surface area contributed by atoms with Crippen LogP contribution in [0.2, 0.25) is 0 Å². The second-order valence-corrected chi connectivity index (χ2v) is 6.60. The molecule has 0 unspecified atom stereocenters. The van der Waals surface area contributed by atoms with Gasteiger partial charge in [-0.15, -0.1) is 0 Å². The largest absolute Gasteiger partial charge is 0.496 e. The van der Waals surface area contributed by atoms with Crippen LogP contribution in [0.1, 0.15) is 63.1 Å². The second-order valence-electron chi connectivity index (χ2n) is 6.60. The molecule has 3 nitrogen and oxygen atoms in total. The number of benzene rings is 1. The van der Waals surface area contributed by atoms with Gasteiger partial charge in [-0.05, 0) is 24.0 Å². The molecule has 1 atom stereocenters. The lowest BCUT2D eigenvalue weighted by Gasteiger charge is -2.36. The van der Waals surface area contributed by atoms with Crippen LogP contribution in [0.25, 0.3) is 0 Å². The normalized spacial score (nSPS) is 17.7. The number of nitrogens with zero attached hydrogens (tertiary/aromatic N) is 1. The molecule has 2 rings (SSSR count). The molecule has 0 bridgehead atoms. The highest BCUT2D eigenvalue weighted by atomic mass is 16.5. The Hall–Kier alpha value is -1.06. The van der Waals surface area contributed by atoms with E-state index in [9.17, 15) is 0 Å². The number of piperazine rings is 1. The highest BCUT2D eigenvalue weighted by Crippen LogP contribution is 2.35. The van der Waals surface area contributed by atoms with E-state index in [0.717, 1.165) is 31.9 Å². The Balaban J connectivity index is 2.33. The van der Waals surface area contributed by atoms with E-state index in [2.05, 4.69) is 49.2 Å². The predicted molar refractivity (Wildman–Crippen MR) is 93.8 cm³/mol. The van der Waals surface area contributed by atoms with Crippen LogP contribution in [0, 0.1) is 0 Å². The van der Waals surface area contributed by atoms with Crippen molar-refractivity contribution in [2.75, 3.05) is 33.3 Å². The average molecular weight is 304 g/mol. The number of nitrogens with one attached hydrogen (secondary N) is 1. The van der Waals surface area contributed by atoms with Gasteiger partial charge in [-0.1, -0.05) is 45.7 Å². The van der Waals surface area contributed by atoms with Gasteiger partial charge in [0.05, 0.1) is 7.11 Å². The minimum absolute atomic E-state index is 0.482. The maximum Gasteiger partial charge on any atom is 0.123 e. The minimum Gasteiger partial charge on any atom is -0.496 e. The average Bonchev–Trinajstić information content (AvgIpc) is 2.56. The monoisotopic (exact) mass is 304 g/mol. The quantitative estimate of drug-likeness (QED) is 0.825. The molecule has 0 amide bonds. The van der Waals surface area contributed by atoms with Gasteiger partial charge in [0.15, 0.2) is 0 Å². The van der Waals surface area contributed by atoms with E-state index in [4.69, 9.17) is 4.74 Å². The topological polar surface area (TPSA) is 24.5 Å². The standard InChI is InChI=1S/C19H32N2O/c1-5-6-7-18(21-12-10-20-11-13-21)17-14-16(15(2)3)8-9-19(17)22-4/h8-9,14-15,18,20H,5-7,10-13H2,1-4H3/t18-/m1/s1. The zero-order valence-corrected chi connectivity index (χ0v) is 14.7. The first-order valence-corrected chi connectivity index (χ1v) is 8.80. The van der Waals surface area contributed by atoms with Crippen molar-refractivity contribution < 1.29 is 4.74 Å². The number of rotatable bonds is 7. The first-order valence-electron chi connectivity index (χ1n) is 8.80. The van der Waals surface area contributed by atoms with Crippen LogP contribution < -0.4 is 10.1 Å². The third kappa shape index (κ3) is 4.23. The van der Waals surface area contributed by atoms with Crippen molar-refractivity contribution in [2.24, 2.45) is 0 Å². The maximum absolute atomic E-state index is 5.69. The molecule has 1 aliphatic rings. The SMILES string of the molecule is CCCC[C@H](c1cc(C(C)C)ccc1OC)N1CCNCC1. The summed E-state index contributed by atoms with van der Waals surface area (Å²) in [5.74, 6) is 1.60. The smallest absolute Gasteiger partial charge is 0.123 e. The van der Waals surface area contributed by atoms with Gasteiger partial charge in [-0.2, -0.15) is 0 Å². The van der Waals surface area contributed by atoms with Gasteiger partial charge in [0.1, 0.15) is 5.75 Å². The highest BCUT2D eigenvalue weighted by molar-refractivity contribution is 5.40. The van der Waals surface area contributed by atoms with Gasteiger partial charge in [0.2, 0.25) is 0 Å². The van der Waals surface area contributed by atoms with Crippen molar-refractivity contribution >= 4 is 0 Å². The van der Waals surface area contributed by atoms with Gasteiger partial charge in [0.25, 0.3) is 0 Å². The van der Waals surface area contributed by atoms with Crippen molar-refractivity contribution in [3.8, 4) is 5.75 Å². The summed E-state index contributed by atoms with van der Waals surface area (Å²) in [7, 11) is 1.79. The van der Waals surface area contributed by atoms with Crippen molar-refractivity contribution in [1.82, 2.24) is 10.2 Å². The van der Waals surface area contributed by atoms with Crippen molar-refractivity contribution in [2.45, 2.75) is 52.0 Å². The number of hydrogen-bond donors (Lipinski definition) is 1. The Kier molecular flexibility index (Phi) is 6.71. The van der Waals surface area contributed by atoms with Crippen LogP contribution in [-0.4, -0.2) is 38.2 Å². The summed E-state index contributed by atoms with van der Waals surface area (Å²) >= 11 is 0. The Bertz CT molecular complexity index is 453. The maximum atomic E-state index is 5.69. The zero-order valence-electron chi connectivity index (χ0n) is 14.7. The van der Waals surface area contributed by atoms with Crippen molar-refractivity contribution in [3.05, 3.63) is 29.3 Å². The fourth-order valence-corrected chi connectivity index (χ4v) is 3.30. The Morgan fingerprint density at radius 1 is 1.23 bits per heavy atom. The minimum atomic E-state index is 0.482. The molecule has 0 saturated carbocycles. The van der Waals surface area contributed by atoms with Crippen LogP contribution in [0.15, 0.2) is 18.2 Å². The second kappa shape index (κ2) is 8.54. The van der Waals surface area contributed by atoms with Crippen LogP contribution in [0.4, 0.5) is 0 Å². The molecule has 0 aromatic heterocycles. The van der Waals surface area contributed by atoms with Crippen LogP contribution >= 0.6 is 0 Å². The van der Waals surface area contributed by atoms with Crippen molar-refractivity contribution in [1.29, 1.82) is 0 Å². The molecule has 0 radical (unpaired) electrons. The number of ether oxygens (including phenoxy) is 1. The van der Waals surface area contributed by atoms with E-state index in [0.29, 0.717) is 12.0 Å². The molecule has 1 saturated heterocycles. The lowest BCUT2D eigenvalue weighted by molar-refractivity contribution is 0.160. The summed E-state index contributed by atoms with van der Waals surface area (Å²) in [6.07, 6.45) is 3.73. The molecule has 22 heavy (non-hydrogen) atoms. The molecular weight excluding hydrogens is 272 g/mol. The van der Waals surface area contributed by atoms with Gasteiger partial charge >= 0.3 is 0 Å². The third-order valence-electron chi connectivity index (χ3n) is 4.70. The first kappa shape index (κ1) is 17.3. The molecule has 1 heterocycles. The highest BCUT2D eigenvalue weighted by Gasteiger charge is 2.24. The summed E-state index contributed by atoms with van der Waals surface area (Å²) in [5.41, 5.74) is 2.79. The van der Waals surface area contributed by atoms with Crippen LogP contribution in [0.3, 0.4) is 0 Å². The van der Waals surface area contributed by atoms with Gasteiger partial charge in [-0.25, -0.2) is 0 Å². The molecule has 0 aliphatic carbocycles. The summed E-state index contributed by atoms with van der Waals surface area (Å²) in [4.78, 5) is 2.63. The van der Waals surface area contributed by atoms with Crippen LogP contribution in [0.5, 0.6) is 5.75 Å². The molecular formula is C19H32N2O. The molecule has 1 aliphatic heterocycles. The Morgan fingerprint density at radius 3 is 2.55 bits per heavy atom. The summed E-state index contributed by atoms with van der Waals surface area (Å²) in [6, 6.07) is 7.23. The van der Waals surface area contributed by atoms with E-state index in [1.165, 1.54) is 30.4 Å². The Labute approximate surface area is 136 Å². The summed E-state index contributed by atoms with van der Waals surface area (Å²) < 4.78 is 5.69. The molecule has 1 aromatic rings. The third-order valence-corrected chi connectivity index (χ3v) is 4.70. The number of methoxy groups -OCH3 is 1. The lowest BCUT2D eigenvalue weighted by atomic mass is 9.93. The van der Waals surface area contributed by atoms with Gasteiger partial charge < -0.3 is 10.1 Å². The molecule has 0 spiro atoms. The lowest BCUT2D eigenvalue weighted by Crippen LogP contribution is -2.45. The summed E-state index contributed by atoms with van der Waals surface area (Å²) in [5, 5.41) is 3.46. The van der Waals surface area contributed by atoms with E-state index in [1.807, 2.05) is 0 Å². The van der Waals surface area contributed by atoms with Crippen molar-refractivity contribution in [3.63, 3.8) is 0 Å². The van der Waals surface area contributed by atoms with E-state index >= 15 is 0 Å². The molecule has 1 aromatic carbocycles. The van der Waals surface area contributed by atoms with E-state index < -0.39 is 0 Å². The van der Waals surface area contributed by atoms with E-state index in [1.54, 1.807) is 7.11 Å². The van der Waals surface area contributed by atoms with Gasteiger partial charge in [-0.3, -0.25) is 4.90 Å². The molecule has 124 valence electrons. The summed E-state index contributed by atoms with van der Waals surface area (Å²) in [6.45, 7) is 11.2. The molecule has 3 heteroatoms. The number of hydrogen-bond acceptors (Lipinski definition) is 3. The first-order chi connectivity index (χ1) is 10.7. The fraction of sp³-hybridized carbons (Fsp3) is 0.684. The number of unbranched alkanes of at least 4 members (excludes halogenated alkanes) is 1. The molecule has 1 N–H and O–H groups in total. The fourth-order valence-electron chi connectivity index (χ4n) is 3.30. The predicted octanol–water partition coefficient (Wildman–Crippen LogP) is 3.96. The van der Waals surface area contributed by atoms with Crippen LogP contribution in [-0.2, 0) is 0 Å². The van der Waals surface area contributed by atoms with Gasteiger partial charge in [0, 0.05) is 37.8 Å². The molecule has 1 fully saturated rings. The van der Waals surface area contributed by atoms with E-state index in [-0.39, 0.29) is 0 Å².